The topological polar surface area (TPSA) is 71.1 Å². The van der Waals surface area contributed by atoms with Crippen LogP contribution in [-0.2, 0) is 15.6 Å². The van der Waals surface area contributed by atoms with Gasteiger partial charge in [-0.1, -0.05) is 12.1 Å². The van der Waals surface area contributed by atoms with E-state index in [1.54, 1.807) is 51.4 Å². The van der Waals surface area contributed by atoms with Crippen molar-refractivity contribution in [3.05, 3.63) is 40.8 Å². The van der Waals surface area contributed by atoms with Crippen LogP contribution in [-0.4, -0.2) is 20.4 Å². The van der Waals surface area contributed by atoms with Gasteiger partial charge in [0.1, 0.15) is 9.90 Å². The molecule has 0 spiro atoms. The molecule has 0 aliphatic carbocycles. The molecule has 0 saturated carbocycles. The van der Waals surface area contributed by atoms with Gasteiger partial charge in [-0.25, -0.2) is 13.4 Å². The van der Waals surface area contributed by atoms with Gasteiger partial charge in [-0.2, -0.15) is 4.72 Å². The summed E-state index contributed by atoms with van der Waals surface area (Å²) in [6, 6.07) is 6.79. The third-order valence-corrected chi connectivity index (χ3v) is 5.61. The van der Waals surface area contributed by atoms with Gasteiger partial charge in [0.2, 0.25) is 10.0 Å². The van der Waals surface area contributed by atoms with Crippen molar-refractivity contribution in [2.24, 2.45) is 0 Å². The molecular weight excluding hydrogens is 294 g/mol. The van der Waals surface area contributed by atoms with E-state index in [0.717, 1.165) is 5.01 Å². The molecule has 0 amide bonds. The molecule has 1 aromatic heterocycles. The highest BCUT2D eigenvalue weighted by Crippen LogP contribution is 2.27. The van der Waals surface area contributed by atoms with Gasteiger partial charge in [-0.15, -0.1) is 11.3 Å². The standard InChI is InChI=1S/C13H17N3O2S2/c1-13(2,12-15-8-9-19-12)16-20(17,18)11-7-5-4-6-10(11)14-3/h4-9,14,16H,1-3H3. The van der Waals surface area contributed by atoms with Crippen LogP contribution in [0.5, 0.6) is 0 Å². The number of anilines is 1. The smallest absolute Gasteiger partial charge is 0.243 e. The van der Waals surface area contributed by atoms with Crippen molar-refractivity contribution in [2.45, 2.75) is 24.3 Å². The molecule has 1 heterocycles. The largest absolute Gasteiger partial charge is 0.387 e. The summed E-state index contributed by atoms with van der Waals surface area (Å²) in [5.41, 5.74) is -0.191. The summed E-state index contributed by atoms with van der Waals surface area (Å²) in [7, 11) is -1.94. The number of nitrogens with zero attached hydrogens (tertiary/aromatic N) is 1. The van der Waals surface area contributed by atoms with Gasteiger partial charge in [0.25, 0.3) is 0 Å². The third-order valence-electron chi connectivity index (χ3n) is 2.80. The predicted molar refractivity (Wildman–Crippen MR) is 81.5 cm³/mol. The summed E-state index contributed by atoms with van der Waals surface area (Å²) in [4.78, 5) is 4.41. The molecule has 5 nitrogen and oxygen atoms in total. The zero-order chi connectivity index (χ0) is 14.8. The average molecular weight is 311 g/mol. The number of sulfonamides is 1. The van der Waals surface area contributed by atoms with Gasteiger partial charge < -0.3 is 5.32 Å². The first-order valence-electron chi connectivity index (χ1n) is 6.07. The van der Waals surface area contributed by atoms with Crippen molar-refractivity contribution in [1.82, 2.24) is 9.71 Å². The molecular formula is C13H17N3O2S2. The summed E-state index contributed by atoms with van der Waals surface area (Å²) < 4.78 is 27.8. The quantitative estimate of drug-likeness (QED) is 0.889. The highest BCUT2D eigenvalue weighted by molar-refractivity contribution is 7.89. The van der Waals surface area contributed by atoms with Gasteiger partial charge >= 0.3 is 0 Å². The number of nitrogens with one attached hydrogen (secondary N) is 2. The molecule has 1 aromatic carbocycles. The molecule has 0 aliphatic rings. The number of rotatable bonds is 5. The third kappa shape index (κ3) is 3.00. The molecule has 0 saturated heterocycles. The van der Waals surface area contributed by atoms with Crippen LogP contribution in [0.3, 0.4) is 0 Å². The number of thiazole rings is 1. The number of aromatic nitrogens is 1. The lowest BCUT2D eigenvalue weighted by Crippen LogP contribution is -2.41. The van der Waals surface area contributed by atoms with Gasteiger partial charge in [-0.3, -0.25) is 0 Å². The Balaban J connectivity index is 2.37. The maximum absolute atomic E-state index is 12.5. The zero-order valence-corrected chi connectivity index (χ0v) is 13.2. The Morgan fingerprint density at radius 2 is 1.95 bits per heavy atom. The minimum atomic E-state index is -3.63. The number of benzene rings is 1. The summed E-state index contributed by atoms with van der Waals surface area (Å²) in [6.07, 6.45) is 1.66. The lowest BCUT2D eigenvalue weighted by molar-refractivity contribution is 0.470. The fourth-order valence-corrected chi connectivity index (χ4v) is 4.25. The Labute approximate surface area is 123 Å². The minimum Gasteiger partial charge on any atom is -0.387 e. The second-order valence-corrected chi connectivity index (χ2v) is 7.36. The number of hydrogen-bond acceptors (Lipinski definition) is 5. The molecule has 0 radical (unpaired) electrons. The maximum Gasteiger partial charge on any atom is 0.243 e. The van der Waals surface area contributed by atoms with Gasteiger partial charge in [0, 0.05) is 18.6 Å². The lowest BCUT2D eigenvalue weighted by atomic mass is 10.1. The lowest BCUT2D eigenvalue weighted by Gasteiger charge is -2.24. The van der Waals surface area contributed by atoms with Crippen molar-refractivity contribution in [3.63, 3.8) is 0 Å². The summed E-state index contributed by atoms with van der Waals surface area (Å²) in [6.45, 7) is 3.59. The Morgan fingerprint density at radius 1 is 1.25 bits per heavy atom. The van der Waals surface area contributed by atoms with Crippen molar-refractivity contribution in [1.29, 1.82) is 0 Å². The zero-order valence-electron chi connectivity index (χ0n) is 11.5. The Kier molecular flexibility index (Phi) is 4.12. The minimum absolute atomic E-state index is 0.229. The van der Waals surface area contributed by atoms with Crippen LogP contribution < -0.4 is 10.0 Å². The Morgan fingerprint density at radius 3 is 2.55 bits per heavy atom. The van der Waals surface area contributed by atoms with E-state index in [4.69, 9.17) is 0 Å². The number of para-hydroxylation sites is 1. The second kappa shape index (κ2) is 5.51. The van der Waals surface area contributed by atoms with Crippen LogP contribution in [0.15, 0.2) is 40.7 Å². The summed E-state index contributed by atoms with van der Waals surface area (Å²) in [5.74, 6) is 0. The van der Waals surface area contributed by atoms with Crippen LogP contribution in [0.4, 0.5) is 5.69 Å². The van der Waals surface area contributed by atoms with Crippen LogP contribution in [0.1, 0.15) is 18.9 Å². The fourth-order valence-electron chi connectivity index (χ4n) is 1.87. The van der Waals surface area contributed by atoms with Crippen LogP contribution in [0.25, 0.3) is 0 Å². The Bertz CT molecular complexity index is 679. The van der Waals surface area contributed by atoms with E-state index in [1.807, 2.05) is 5.38 Å². The van der Waals surface area contributed by atoms with E-state index in [1.165, 1.54) is 11.3 Å². The highest BCUT2D eigenvalue weighted by atomic mass is 32.2. The molecule has 108 valence electrons. The highest BCUT2D eigenvalue weighted by Gasteiger charge is 2.31. The van der Waals surface area contributed by atoms with E-state index in [2.05, 4.69) is 15.0 Å². The van der Waals surface area contributed by atoms with Gasteiger partial charge in [0.05, 0.1) is 11.2 Å². The molecule has 2 N–H and O–H groups in total. The second-order valence-electron chi connectivity index (χ2n) is 4.81. The van der Waals surface area contributed by atoms with E-state index >= 15 is 0 Å². The molecule has 7 heteroatoms. The van der Waals surface area contributed by atoms with Gasteiger partial charge in [-0.05, 0) is 26.0 Å². The maximum atomic E-state index is 12.5. The number of hydrogen-bond donors (Lipinski definition) is 2. The molecule has 0 atom stereocenters. The monoisotopic (exact) mass is 311 g/mol. The average Bonchev–Trinajstić information content (AvgIpc) is 2.92. The Hall–Kier alpha value is -1.44. The van der Waals surface area contributed by atoms with E-state index in [9.17, 15) is 8.42 Å². The summed E-state index contributed by atoms with van der Waals surface area (Å²) >= 11 is 1.42. The van der Waals surface area contributed by atoms with E-state index < -0.39 is 15.6 Å². The first-order chi connectivity index (χ1) is 9.37. The van der Waals surface area contributed by atoms with Crippen molar-refractivity contribution >= 4 is 27.0 Å². The fraction of sp³-hybridized carbons (Fsp3) is 0.308. The predicted octanol–water partition coefficient (Wildman–Crippen LogP) is 2.40. The van der Waals surface area contributed by atoms with Crippen LogP contribution in [0.2, 0.25) is 0 Å². The van der Waals surface area contributed by atoms with Crippen molar-refractivity contribution < 1.29 is 8.42 Å². The molecule has 20 heavy (non-hydrogen) atoms. The van der Waals surface area contributed by atoms with Crippen molar-refractivity contribution in [2.75, 3.05) is 12.4 Å². The molecule has 0 unspecified atom stereocenters. The van der Waals surface area contributed by atoms with Crippen LogP contribution >= 0.6 is 11.3 Å². The first kappa shape index (κ1) is 15.0. The molecule has 0 bridgehead atoms. The molecule has 0 fully saturated rings. The molecule has 2 aromatic rings. The summed E-state index contributed by atoms with van der Waals surface area (Å²) in [5, 5.41) is 5.44. The van der Waals surface area contributed by atoms with Crippen LogP contribution in [0, 0.1) is 0 Å². The molecule has 2 rings (SSSR count). The van der Waals surface area contributed by atoms with Crippen molar-refractivity contribution in [3.8, 4) is 0 Å². The normalized spacial score (nSPS) is 12.3. The van der Waals surface area contributed by atoms with E-state index in [-0.39, 0.29) is 4.90 Å². The van der Waals surface area contributed by atoms with E-state index in [0.29, 0.717) is 5.69 Å². The first-order valence-corrected chi connectivity index (χ1v) is 8.44. The van der Waals surface area contributed by atoms with Gasteiger partial charge in [0.15, 0.2) is 0 Å². The molecule has 0 aliphatic heterocycles. The SMILES string of the molecule is CNc1ccccc1S(=O)(=O)NC(C)(C)c1nccs1.